The minimum absolute atomic E-state index is 0.114. The van der Waals surface area contributed by atoms with E-state index in [4.69, 9.17) is 0 Å². The highest BCUT2D eigenvalue weighted by Gasteiger charge is 2.64. The molecule has 2 heteroatoms. The summed E-state index contributed by atoms with van der Waals surface area (Å²) < 4.78 is 0. The van der Waals surface area contributed by atoms with Gasteiger partial charge in [0.1, 0.15) is 0 Å². The van der Waals surface area contributed by atoms with E-state index in [1.165, 1.54) is 12.8 Å². The number of hydrogen-bond acceptors (Lipinski definition) is 2. The molecule has 4 aliphatic carbocycles. The second-order valence-electron chi connectivity index (χ2n) is 7.44. The lowest BCUT2D eigenvalue weighted by molar-refractivity contribution is -0.260. The van der Waals surface area contributed by atoms with E-state index < -0.39 is 5.60 Å². The fraction of sp³-hybridized carbons (Fsp3) is 1.00. The fourth-order valence-electron chi connectivity index (χ4n) is 5.05. The molecule has 4 rings (SSSR count). The van der Waals surface area contributed by atoms with E-state index in [1.54, 1.807) is 0 Å². The van der Waals surface area contributed by atoms with E-state index >= 15 is 0 Å². The highest BCUT2D eigenvalue weighted by Crippen LogP contribution is 2.62. The van der Waals surface area contributed by atoms with Crippen LogP contribution in [0, 0.1) is 29.1 Å². The predicted octanol–water partition coefficient (Wildman–Crippen LogP) is 2.19. The van der Waals surface area contributed by atoms with Gasteiger partial charge < -0.3 is 10.2 Å². The molecule has 0 aromatic rings. The van der Waals surface area contributed by atoms with Crippen molar-refractivity contribution in [2.45, 2.75) is 58.2 Å². The van der Waals surface area contributed by atoms with Crippen LogP contribution in [0.15, 0.2) is 0 Å². The van der Waals surface area contributed by atoms with Gasteiger partial charge in [-0.15, -0.1) is 0 Å². The van der Waals surface area contributed by atoms with Crippen molar-refractivity contribution in [3.8, 4) is 0 Å². The average Bonchev–Trinajstić information content (AvgIpc) is 2.18. The number of hydrogen-bond donors (Lipinski definition) is 2. The summed E-state index contributed by atoms with van der Waals surface area (Å²) in [6, 6.07) is 0. The monoisotopic (exact) mass is 224 g/mol. The molecule has 0 saturated heterocycles. The van der Waals surface area contributed by atoms with Crippen molar-refractivity contribution in [3.05, 3.63) is 0 Å². The van der Waals surface area contributed by atoms with Crippen molar-refractivity contribution in [1.29, 1.82) is 0 Å². The van der Waals surface area contributed by atoms with E-state index in [1.807, 2.05) is 0 Å². The molecule has 6 atom stereocenters. The third-order valence-corrected chi connectivity index (χ3v) is 5.71. The van der Waals surface area contributed by atoms with Gasteiger partial charge in [-0.3, -0.25) is 0 Å². The minimum atomic E-state index is -0.639. The van der Waals surface area contributed by atoms with Gasteiger partial charge in [0, 0.05) is 5.92 Å². The van der Waals surface area contributed by atoms with Gasteiger partial charge in [0.05, 0.1) is 11.7 Å². The Morgan fingerprint density at radius 3 is 2.38 bits per heavy atom. The van der Waals surface area contributed by atoms with E-state index in [0.29, 0.717) is 11.8 Å². The maximum atomic E-state index is 11.1. The minimum Gasteiger partial charge on any atom is -0.392 e. The zero-order valence-corrected chi connectivity index (χ0v) is 10.6. The van der Waals surface area contributed by atoms with Gasteiger partial charge in [0.2, 0.25) is 0 Å². The highest BCUT2D eigenvalue weighted by molar-refractivity contribution is 5.14. The normalized spacial score (nSPS) is 55.7. The van der Waals surface area contributed by atoms with Crippen molar-refractivity contribution >= 4 is 0 Å². The maximum Gasteiger partial charge on any atom is 0.0776 e. The summed E-state index contributed by atoms with van der Waals surface area (Å²) in [5.74, 6) is 1.81. The molecule has 4 saturated carbocycles. The quantitative estimate of drug-likeness (QED) is 0.662. The van der Waals surface area contributed by atoms with Crippen molar-refractivity contribution in [1.82, 2.24) is 0 Å². The molecule has 0 spiro atoms. The molecule has 0 aromatic heterocycles. The molecule has 4 aliphatic rings. The number of rotatable bonds is 0. The SMILES string of the molecule is CC(C)(C)[C@@]1(O)[C@H]2C[C@@H]3C[C@H](C2)[C@@H](O)[C@H]1C3. The Labute approximate surface area is 98.1 Å². The molecule has 16 heavy (non-hydrogen) atoms. The molecule has 0 radical (unpaired) electrons. The van der Waals surface area contributed by atoms with Gasteiger partial charge in [-0.05, 0) is 48.9 Å². The first kappa shape index (κ1) is 11.0. The second-order valence-corrected chi connectivity index (χ2v) is 7.44. The van der Waals surface area contributed by atoms with Crippen LogP contribution in [-0.2, 0) is 0 Å². The Morgan fingerprint density at radius 2 is 1.75 bits per heavy atom. The number of aliphatic hydroxyl groups excluding tert-OH is 1. The summed E-state index contributed by atoms with van der Waals surface area (Å²) in [4.78, 5) is 0. The van der Waals surface area contributed by atoms with Crippen molar-refractivity contribution < 1.29 is 10.2 Å². The van der Waals surface area contributed by atoms with Crippen molar-refractivity contribution in [2.75, 3.05) is 0 Å². The molecular formula is C14H24O2. The van der Waals surface area contributed by atoms with E-state index in [9.17, 15) is 10.2 Å². The van der Waals surface area contributed by atoms with Gasteiger partial charge in [-0.2, -0.15) is 0 Å². The zero-order valence-electron chi connectivity index (χ0n) is 10.6. The first-order chi connectivity index (χ1) is 7.34. The Hall–Kier alpha value is -0.0800. The zero-order chi connectivity index (χ0) is 11.7. The molecule has 2 N–H and O–H groups in total. The summed E-state index contributed by atoms with van der Waals surface area (Å²) in [5.41, 5.74) is -0.754. The van der Waals surface area contributed by atoms with Crippen LogP contribution in [0.1, 0.15) is 46.5 Å². The summed E-state index contributed by atoms with van der Waals surface area (Å²) in [5, 5.41) is 21.5. The van der Waals surface area contributed by atoms with E-state index in [0.717, 1.165) is 18.8 Å². The van der Waals surface area contributed by atoms with Crippen LogP contribution in [0.3, 0.4) is 0 Å². The van der Waals surface area contributed by atoms with Crippen LogP contribution in [-0.4, -0.2) is 21.9 Å². The van der Waals surface area contributed by atoms with Crippen LogP contribution >= 0.6 is 0 Å². The third kappa shape index (κ3) is 1.15. The van der Waals surface area contributed by atoms with Crippen LogP contribution < -0.4 is 0 Å². The molecule has 0 unspecified atom stereocenters. The van der Waals surface area contributed by atoms with Gasteiger partial charge in [0.15, 0.2) is 0 Å². The van der Waals surface area contributed by atoms with Gasteiger partial charge >= 0.3 is 0 Å². The average molecular weight is 224 g/mol. The molecule has 0 aliphatic heterocycles. The second kappa shape index (κ2) is 3.02. The van der Waals surface area contributed by atoms with Crippen LogP contribution in [0.5, 0.6) is 0 Å². The molecule has 4 fully saturated rings. The molecule has 4 bridgehead atoms. The predicted molar refractivity (Wildman–Crippen MR) is 62.8 cm³/mol. The Balaban J connectivity index is 2.02. The largest absolute Gasteiger partial charge is 0.392 e. The molecule has 0 heterocycles. The lowest BCUT2D eigenvalue weighted by atomic mass is 9.44. The first-order valence-corrected chi connectivity index (χ1v) is 6.74. The van der Waals surface area contributed by atoms with Gasteiger partial charge in [-0.25, -0.2) is 0 Å². The Bertz CT molecular complexity index is 306. The van der Waals surface area contributed by atoms with E-state index in [-0.39, 0.29) is 17.4 Å². The fourth-order valence-corrected chi connectivity index (χ4v) is 5.05. The summed E-state index contributed by atoms with van der Waals surface area (Å²) >= 11 is 0. The Morgan fingerprint density at radius 1 is 1.06 bits per heavy atom. The standard InChI is InChI=1S/C14H24O2/c1-13(2,3)14(16)10-5-8-4-9(7-10)12(15)11(14)6-8/h8-12,15-16H,4-7H2,1-3H3/t8-,9+,10-,11+,12+,14+/m0/s1. The van der Waals surface area contributed by atoms with Crippen molar-refractivity contribution in [2.24, 2.45) is 29.1 Å². The van der Waals surface area contributed by atoms with Crippen molar-refractivity contribution in [3.63, 3.8) is 0 Å². The summed E-state index contributed by atoms with van der Waals surface area (Å²) in [7, 11) is 0. The van der Waals surface area contributed by atoms with Gasteiger partial charge in [0.25, 0.3) is 0 Å². The summed E-state index contributed by atoms with van der Waals surface area (Å²) in [6.45, 7) is 6.38. The molecule has 0 amide bonds. The van der Waals surface area contributed by atoms with E-state index in [2.05, 4.69) is 20.8 Å². The topological polar surface area (TPSA) is 40.5 Å². The van der Waals surface area contributed by atoms with Crippen LogP contribution in [0.4, 0.5) is 0 Å². The number of aliphatic hydroxyl groups is 2. The van der Waals surface area contributed by atoms with Gasteiger partial charge in [-0.1, -0.05) is 20.8 Å². The Kier molecular flexibility index (Phi) is 2.09. The molecule has 92 valence electrons. The first-order valence-electron chi connectivity index (χ1n) is 6.74. The smallest absolute Gasteiger partial charge is 0.0776 e. The lowest BCUT2D eigenvalue weighted by Gasteiger charge is -2.64. The summed E-state index contributed by atoms with van der Waals surface area (Å²) in [6.07, 6.45) is 4.23. The van der Waals surface area contributed by atoms with Crippen LogP contribution in [0.25, 0.3) is 0 Å². The third-order valence-electron chi connectivity index (χ3n) is 5.71. The highest BCUT2D eigenvalue weighted by atomic mass is 16.3. The molecule has 2 nitrogen and oxygen atoms in total. The maximum absolute atomic E-state index is 11.1. The lowest BCUT2D eigenvalue weighted by Crippen LogP contribution is -2.68. The molecule has 0 aromatic carbocycles. The molecular weight excluding hydrogens is 200 g/mol. The van der Waals surface area contributed by atoms with Crippen LogP contribution in [0.2, 0.25) is 0 Å².